The van der Waals surface area contributed by atoms with Crippen LogP contribution in [-0.2, 0) is 0 Å². The molecular formula is C15H19F3N2. The maximum atomic E-state index is 12.7. The summed E-state index contributed by atoms with van der Waals surface area (Å²) in [4.78, 5) is 1.63. The lowest BCUT2D eigenvalue weighted by molar-refractivity contribution is -0.147. The second-order valence-electron chi connectivity index (χ2n) is 5.78. The fraction of sp³-hybridized carbons (Fsp3) is 0.600. The van der Waals surface area contributed by atoms with Crippen LogP contribution in [0.5, 0.6) is 0 Å². The summed E-state index contributed by atoms with van der Waals surface area (Å²) in [7, 11) is 0. The molecule has 1 N–H and O–H groups in total. The highest BCUT2D eigenvalue weighted by atomic mass is 19.4. The molecule has 3 rings (SSSR count). The molecule has 0 saturated heterocycles. The number of benzene rings is 1. The number of hydrogen-bond donors (Lipinski definition) is 1. The van der Waals surface area contributed by atoms with E-state index in [9.17, 15) is 13.2 Å². The maximum Gasteiger partial charge on any atom is 0.401 e. The average molecular weight is 284 g/mol. The first-order valence-electron chi connectivity index (χ1n) is 7.16. The molecule has 20 heavy (non-hydrogen) atoms. The Morgan fingerprint density at radius 3 is 2.60 bits per heavy atom. The second-order valence-corrected chi connectivity index (χ2v) is 5.78. The normalized spacial score (nSPS) is 22.5. The van der Waals surface area contributed by atoms with Gasteiger partial charge in [0.15, 0.2) is 0 Å². The second kappa shape index (κ2) is 5.28. The van der Waals surface area contributed by atoms with Crippen molar-refractivity contribution >= 4 is 5.69 Å². The Morgan fingerprint density at radius 2 is 1.90 bits per heavy atom. The van der Waals surface area contributed by atoms with Crippen LogP contribution in [0.2, 0.25) is 0 Å². The van der Waals surface area contributed by atoms with Gasteiger partial charge in [-0.2, -0.15) is 13.2 Å². The first kappa shape index (κ1) is 13.7. The van der Waals surface area contributed by atoms with E-state index in [2.05, 4.69) is 5.32 Å². The zero-order valence-electron chi connectivity index (χ0n) is 11.3. The van der Waals surface area contributed by atoms with Crippen LogP contribution in [0.25, 0.3) is 0 Å². The van der Waals surface area contributed by atoms with Gasteiger partial charge in [0.25, 0.3) is 0 Å². The Kier molecular flexibility index (Phi) is 3.63. The number of hydrogen-bond acceptors (Lipinski definition) is 2. The van der Waals surface area contributed by atoms with E-state index >= 15 is 0 Å². The molecule has 1 aliphatic carbocycles. The third-order valence-corrected chi connectivity index (χ3v) is 4.11. The summed E-state index contributed by atoms with van der Waals surface area (Å²) >= 11 is 0. The van der Waals surface area contributed by atoms with Crippen molar-refractivity contribution in [1.82, 2.24) is 4.90 Å². The predicted octanol–water partition coefficient (Wildman–Crippen LogP) is 3.61. The first-order valence-corrected chi connectivity index (χ1v) is 7.16. The summed E-state index contributed by atoms with van der Waals surface area (Å²) in [5.74, 6) is 0.204. The third kappa shape index (κ3) is 3.26. The van der Waals surface area contributed by atoms with Crippen molar-refractivity contribution in [1.29, 1.82) is 0 Å². The molecular weight excluding hydrogens is 265 g/mol. The van der Waals surface area contributed by atoms with Gasteiger partial charge in [-0.1, -0.05) is 18.2 Å². The molecule has 1 fully saturated rings. The van der Waals surface area contributed by atoms with Crippen LogP contribution in [0.4, 0.5) is 18.9 Å². The topological polar surface area (TPSA) is 15.3 Å². The minimum atomic E-state index is -4.10. The molecule has 110 valence electrons. The molecule has 1 aromatic rings. The van der Waals surface area contributed by atoms with Gasteiger partial charge < -0.3 is 5.32 Å². The van der Waals surface area contributed by atoms with E-state index in [1.54, 1.807) is 4.90 Å². The van der Waals surface area contributed by atoms with Crippen LogP contribution in [0.15, 0.2) is 24.3 Å². The molecule has 0 aromatic heterocycles. The van der Waals surface area contributed by atoms with Crippen LogP contribution in [-0.4, -0.2) is 36.8 Å². The van der Waals surface area contributed by atoms with Gasteiger partial charge in [-0.25, -0.2) is 0 Å². The Labute approximate surface area is 117 Å². The number of anilines is 1. The number of rotatable bonds is 4. The third-order valence-electron chi connectivity index (χ3n) is 4.11. The molecule has 0 spiro atoms. The fourth-order valence-corrected chi connectivity index (χ4v) is 3.04. The van der Waals surface area contributed by atoms with Crippen molar-refractivity contribution in [2.75, 3.05) is 25.0 Å². The lowest BCUT2D eigenvalue weighted by Gasteiger charge is -2.32. The van der Waals surface area contributed by atoms with E-state index in [1.807, 2.05) is 24.3 Å². The van der Waals surface area contributed by atoms with Crippen molar-refractivity contribution < 1.29 is 13.2 Å². The Bertz CT molecular complexity index is 468. The van der Waals surface area contributed by atoms with Crippen molar-refractivity contribution in [3.05, 3.63) is 29.8 Å². The zero-order chi connectivity index (χ0) is 14.2. The van der Waals surface area contributed by atoms with Gasteiger partial charge in [-0.15, -0.1) is 0 Å². The van der Waals surface area contributed by atoms with E-state index in [1.165, 1.54) is 0 Å². The smallest absolute Gasteiger partial charge is 0.385 e. The molecule has 2 nitrogen and oxygen atoms in total. The largest absolute Gasteiger partial charge is 0.401 e. The van der Waals surface area contributed by atoms with Crippen LogP contribution in [0, 0.1) is 0 Å². The fourth-order valence-electron chi connectivity index (χ4n) is 3.04. The molecule has 1 atom stereocenters. The Morgan fingerprint density at radius 1 is 1.15 bits per heavy atom. The lowest BCUT2D eigenvalue weighted by Crippen LogP contribution is -2.39. The lowest BCUT2D eigenvalue weighted by atomic mass is 9.90. The number of para-hydroxylation sites is 1. The molecule has 1 heterocycles. The van der Waals surface area contributed by atoms with E-state index < -0.39 is 12.7 Å². The molecule has 1 saturated carbocycles. The van der Waals surface area contributed by atoms with Crippen LogP contribution >= 0.6 is 0 Å². The summed E-state index contributed by atoms with van der Waals surface area (Å²) in [5.41, 5.74) is 2.23. The van der Waals surface area contributed by atoms with Gasteiger partial charge in [-0.05, 0) is 30.9 Å². The maximum absolute atomic E-state index is 12.7. The highest BCUT2D eigenvalue weighted by Crippen LogP contribution is 2.36. The van der Waals surface area contributed by atoms with Crippen LogP contribution < -0.4 is 5.32 Å². The predicted molar refractivity (Wildman–Crippen MR) is 72.9 cm³/mol. The molecule has 5 heteroatoms. The van der Waals surface area contributed by atoms with E-state index in [0.717, 1.165) is 37.1 Å². The van der Waals surface area contributed by atoms with Gasteiger partial charge in [0.2, 0.25) is 0 Å². The molecule has 0 amide bonds. The van der Waals surface area contributed by atoms with Crippen molar-refractivity contribution in [3.63, 3.8) is 0 Å². The standard InChI is InChI=1S/C15H19F3N2/c16-15(17,18)10-20(12-5-6-12)9-11-7-8-19-14-4-2-1-3-13(11)14/h1-4,11-12,19H,5-10H2. The van der Waals surface area contributed by atoms with Crippen LogP contribution in [0.3, 0.4) is 0 Å². The monoisotopic (exact) mass is 284 g/mol. The van der Waals surface area contributed by atoms with Crippen molar-refractivity contribution in [3.8, 4) is 0 Å². The Hall–Kier alpha value is -1.23. The van der Waals surface area contributed by atoms with Crippen molar-refractivity contribution in [2.24, 2.45) is 0 Å². The van der Waals surface area contributed by atoms with Crippen molar-refractivity contribution in [2.45, 2.75) is 37.4 Å². The highest BCUT2D eigenvalue weighted by molar-refractivity contribution is 5.54. The molecule has 2 aliphatic rings. The molecule has 0 bridgehead atoms. The number of alkyl halides is 3. The average Bonchev–Trinajstić information content (AvgIpc) is 3.21. The zero-order valence-corrected chi connectivity index (χ0v) is 11.3. The highest BCUT2D eigenvalue weighted by Gasteiger charge is 2.39. The summed E-state index contributed by atoms with van der Waals surface area (Å²) in [6, 6.07) is 8.10. The summed E-state index contributed by atoms with van der Waals surface area (Å²) in [5, 5.41) is 3.32. The SMILES string of the molecule is FC(F)(F)CN(CC1CCNc2ccccc21)C1CC1. The number of halogens is 3. The number of nitrogens with zero attached hydrogens (tertiary/aromatic N) is 1. The van der Waals surface area contributed by atoms with Gasteiger partial charge in [0.1, 0.15) is 0 Å². The van der Waals surface area contributed by atoms with E-state index in [4.69, 9.17) is 0 Å². The van der Waals surface area contributed by atoms with E-state index in [-0.39, 0.29) is 12.0 Å². The molecule has 1 aliphatic heterocycles. The quantitative estimate of drug-likeness (QED) is 0.908. The summed E-state index contributed by atoms with van der Waals surface area (Å²) in [6.07, 6.45) is -1.39. The van der Waals surface area contributed by atoms with Gasteiger partial charge in [-0.3, -0.25) is 4.90 Å². The van der Waals surface area contributed by atoms with Gasteiger partial charge >= 0.3 is 6.18 Å². The Balaban J connectivity index is 1.73. The minimum Gasteiger partial charge on any atom is -0.385 e. The minimum absolute atomic E-state index is 0.138. The first-order chi connectivity index (χ1) is 9.53. The summed E-state index contributed by atoms with van der Waals surface area (Å²) < 4.78 is 38.1. The molecule has 1 aromatic carbocycles. The van der Waals surface area contributed by atoms with E-state index in [0.29, 0.717) is 6.54 Å². The number of fused-ring (bicyclic) bond motifs is 1. The molecule has 0 radical (unpaired) electrons. The molecule has 1 unspecified atom stereocenters. The van der Waals surface area contributed by atoms with Gasteiger partial charge in [0, 0.05) is 30.7 Å². The van der Waals surface area contributed by atoms with Gasteiger partial charge in [0.05, 0.1) is 6.54 Å². The van der Waals surface area contributed by atoms with Crippen LogP contribution in [0.1, 0.15) is 30.7 Å². The number of nitrogens with one attached hydrogen (secondary N) is 1. The summed E-state index contributed by atoms with van der Waals surface area (Å²) in [6.45, 7) is 0.582.